The van der Waals surface area contributed by atoms with Crippen molar-refractivity contribution in [2.45, 2.75) is 84.2 Å². The third-order valence-electron chi connectivity index (χ3n) is 8.02. The zero-order chi connectivity index (χ0) is 40.7. The first-order chi connectivity index (χ1) is 25.4. The molecule has 0 unspecified atom stereocenters. The molecule has 0 aliphatic carbocycles. The molecule has 15 nitrogen and oxygen atoms in total. The molecule has 0 radical (unpaired) electrons. The number of amides is 4. The van der Waals surface area contributed by atoms with Crippen LogP contribution >= 0.6 is 0 Å². The number of carboxylic acids is 2. The Morgan fingerprint density at radius 1 is 0.741 bits per heavy atom. The van der Waals surface area contributed by atoms with Crippen molar-refractivity contribution in [1.29, 1.82) is 0 Å². The molecule has 6 N–H and O–H groups in total. The number of hydrogen-bond acceptors (Lipinski definition) is 9. The largest absolute Gasteiger partial charge is 0.481 e. The van der Waals surface area contributed by atoms with E-state index >= 15 is 0 Å². The van der Waals surface area contributed by atoms with Crippen molar-refractivity contribution in [3.05, 3.63) is 65.2 Å². The van der Waals surface area contributed by atoms with E-state index in [1.807, 2.05) is 0 Å². The zero-order valence-electron chi connectivity index (χ0n) is 29.8. The Balaban J connectivity index is 2.24. The number of alkyl carbamates (subject to hydrolysis) is 1. The topological polar surface area (TPSA) is 227 Å². The van der Waals surface area contributed by atoms with Crippen LogP contribution in [0.1, 0.15) is 58.9 Å². The van der Waals surface area contributed by atoms with E-state index in [0.29, 0.717) is 5.56 Å². The highest BCUT2D eigenvalue weighted by molar-refractivity contribution is 5.97. The summed E-state index contributed by atoms with van der Waals surface area (Å²) in [7, 11) is 0. The molecule has 296 valence electrons. The average molecular weight is 771 g/mol. The number of hydrogen-bond donors (Lipinski definition) is 6. The second kappa shape index (κ2) is 21.1. The lowest BCUT2D eigenvalue weighted by atomic mass is 9.96. The first-order valence-electron chi connectivity index (χ1n) is 16.7. The fraction of sp³-hybridized carbons (Fsp3) is 0.457. The molecule has 0 saturated heterocycles. The van der Waals surface area contributed by atoms with Crippen molar-refractivity contribution >= 4 is 41.5 Å². The third-order valence-corrected chi connectivity index (χ3v) is 8.02. The van der Waals surface area contributed by atoms with Crippen LogP contribution in [0.5, 0.6) is 5.75 Å². The maximum absolute atomic E-state index is 14.0. The van der Waals surface area contributed by atoms with Gasteiger partial charge in [0.15, 0.2) is 23.2 Å². The highest BCUT2D eigenvalue weighted by Gasteiger charge is 2.35. The molecule has 0 aliphatic rings. The van der Waals surface area contributed by atoms with Crippen molar-refractivity contribution in [1.82, 2.24) is 21.3 Å². The monoisotopic (exact) mass is 770 g/mol. The minimum Gasteiger partial charge on any atom is -0.481 e. The lowest BCUT2D eigenvalue weighted by molar-refractivity contribution is -0.141. The minimum atomic E-state index is -1.97. The number of aliphatic carboxylic acids is 2. The van der Waals surface area contributed by atoms with Gasteiger partial charge in [0.2, 0.25) is 29.4 Å². The summed E-state index contributed by atoms with van der Waals surface area (Å²) in [5.41, 5.74) is 0.668. The van der Waals surface area contributed by atoms with E-state index in [4.69, 9.17) is 4.74 Å². The number of carbonyl (C=O) groups excluding carboxylic acids is 5. The van der Waals surface area contributed by atoms with Gasteiger partial charge >= 0.3 is 18.0 Å². The fourth-order valence-electron chi connectivity index (χ4n) is 4.78. The van der Waals surface area contributed by atoms with Crippen LogP contribution in [0.2, 0.25) is 0 Å². The predicted molar refractivity (Wildman–Crippen MR) is 180 cm³/mol. The third kappa shape index (κ3) is 13.7. The van der Waals surface area contributed by atoms with Gasteiger partial charge in [-0.3, -0.25) is 28.8 Å². The lowest BCUT2D eigenvalue weighted by Gasteiger charge is -2.29. The highest BCUT2D eigenvalue weighted by Crippen LogP contribution is 2.26. The molecule has 0 saturated carbocycles. The highest BCUT2D eigenvalue weighted by atomic mass is 19.2. The second-order valence-corrected chi connectivity index (χ2v) is 12.5. The second-order valence-electron chi connectivity index (χ2n) is 12.5. The van der Waals surface area contributed by atoms with E-state index in [1.54, 1.807) is 51.1 Å². The van der Waals surface area contributed by atoms with Gasteiger partial charge in [0.1, 0.15) is 37.4 Å². The molecule has 2 rings (SSSR count). The van der Waals surface area contributed by atoms with Crippen molar-refractivity contribution in [2.24, 2.45) is 11.8 Å². The van der Waals surface area contributed by atoms with E-state index in [0.717, 1.165) is 0 Å². The Morgan fingerprint density at radius 3 is 1.85 bits per heavy atom. The molecule has 5 atom stereocenters. The van der Waals surface area contributed by atoms with Crippen molar-refractivity contribution in [3.8, 4) is 5.75 Å². The van der Waals surface area contributed by atoms with Crippen LogP contribution in [0.3, 0.4) is 0 Å². The number of ketones is 1. The molecule has 2 aromatic rings. The Hall–Kier alpha value is -5.75. The van der Waals surface area contributed by atoms with Gasteiger partial charge in [-0.2, -0.15) is 8.78 Å². The van der Waals surface area contributed by atoms with Gasteiger partial charge < -0.3 is 41.0 Å². The molecule has 19 heteroatoms. The van der Waals surface area contributed by atoms with Gasteiger partial charge in [-0.1, -0.05) is 64.4 Å². The first kappa shape index (κ1) is 44.4. The number of carbonyl (C=O) groups is 7. The molecule has 0 aliphatic heterocycles. The van der Waals surface area contributed by atoms with Gasteiger partial charge in [-0.05, 0) is 23.8 Å². The number of rotatable bonds is 21. The van der Waals surface area contributed by atoms with Crippen LogP contribution < -0.4 is 26.0 Å². The van der Waals surface area contributed by atoms with E-state index in [9.17, 15) is 61.3 Å². The van der Waals surface area contributed by atoms with E-state index in [-0.39, 0.29) is 19.1 Å². The summed E-state index contributed by atoms with van der Waals surface area (Å²) >= 11 is 0. The van der Waals surface area contributed by atoms with Gasteiger partial charge in [0.25, 0.3) is 0 Å². The number of benzene rings is 2. The van der Waals surface area contributed by atoms with Crippen molar-refractivity contribution < 1.29 is 70.8 Å². The smallest absolute Gasteiger partial charge is 0.408 e. The average Bonchev–Trinajstić information content (AvgIpc) is 3.11. The fourth-order valence-corrected chi connectivity index (χ4v) is 4.78. The number of halogens is 4. The quantitative estimate of drug-likeness (QED) is 0.0799. The van der Waals surface area contributed by atoms with Crippen LogP contribution in [-0.4, -0.2) is 82.5 Å². The van der Waals surface area contributed by atoms with E-state index in [2.05, 4.69) is 26.0 Å². The maximum atomic E-state index is 14.0. The van der Waals surface area contributed by atoms with Gasteiger partial charge in [-0.25, -0.2) is 13.6 Å². The van der Waals surface area contributed by atoms with Crippen LogP contribution in [0, 0.1) is 35.1 Å². The van der Waals surface area contributed by atoms with Gasteiger partial charge in [-0.15, -0.1) is 0 Å². The van der Waals surface area contributed by atoms with Crippen molar-refractivity contribution in [2.75, 3.05) is 6.61 Å². The Morgan fingerprint density at radius 2 is 1.31 bits per heavy atom. The van der Waals surface area contributed by atoms with Crippen molar-refractivity contribution in [3.63, 3.8) is 0 Å². The molecular formula is C35H42F4N4O11. The molecular weight excluding hydrogens is 728 g/mol. The summed E-state index contributed by atoms with van der Waals surface area (Å²) in [5.74, 6) is -17.8. The van der Waals surface area contributed by atoms with Crippen LogP contribution in [0.25, 0.3) is 0 Å². The molecule has 54 heavy (non-hydrogen) atoms. The van der Waals surface area contributed by atoms with Crippen LogP contribution in [-0.2, 0) is 40.1 Å². The summed E-state index contributed by atoms with van der Waals surface area (Å²) in [6.45, 7) is 4.82. The SMILES string of the molecule is CC[C@H](C)[C@@H](NC(=O)[C@@H](CCC(=O)O)NC(=O)[C@@H](NC(=O)OCc1ccccc1)C(C)C)C(=O)N[C@@H](CC(=O)O)C(=O)COc1c(F)c(F)cc(F)c1F. The minimum absolute atomic E-state index is 0.0997. The Bertz CT molecular complexity index is 1650. The van der Waals surface area contributed by atoms with E-state index in [1.165, 1.54) is 6.92 Å². The van der Waals surface area contributed by atoms with Crippen LogP contribution in [0.4, 0.5) is 22.4 Å². The summed E-state index contributed by atoms with van der Waals surface area (Å²) in [4.78, 5) is 88.7. The molecule has 4 amide bonds. The molecule has 0 spiro atoms. The Kier molecular flexibility index (Phi) is 17.3. The molecule has 2 aromatic carbocycles. The summed E-state index contributed by atoms with van der Waals surface area (Å²) in [6, 6.07) is 2.22. The zero-order valence-corrected chi connectivity index (χ0v) is 29.8. The molecule has 0 aromatic heterocycles. The number of nitrogens with one attached hydrogen (secondary N) is 4. The number of ether oxygens (including phenoxy) is 2. The predicted octanol–water partition coefficient (Wildman–Crippen LogP) is 2.98. The summed E-state index contributed by atoms with van der Waals surface area (Å²) < 4.78 is 65.0. The first-order valence-corrected chi connectivity index (χ1v) is 16.7. The Labute approximate surface area is 307 Å². The normalized spacial score (nSPS) is 13.7. The van der Waals surface area contributed by atoms with Gasteiger partial charge in [0, 0.05) is 12.5 Å². The lowest BCUT2D eigenvalue weighted by Crippen LogP contribution is -2.60. The standard InChI is InChI=1S/C35H42F4N4O11/c1-5-18(4)30(34(51)41-23(14-26(47)48)24(44)16-53-31-27(38)20(36)13-21(37)28(31)39)42-32(49)22(11-12-25(45)46)40-33(50)29(17(2)3)43-35(52)54-15-19-9-7-6-8-10-19/h6-10,13,17-18,22-23,29-30H,5,11-12,14-16H2,1-4H3,(H,40,50)(H,41,51)(H,42,49)(H,43,52)(H,45,46)(H,47,48)/t18-,22+,23-,29-,30+/m0/s1. The molecule has 0 heterocycles. The maximum Gasteiger partial charge on any atom is 0.408 e. The van der Waals surface area contributed by atoms with Crippen LogP contribution in [0.15, 0.2) is 36.4 Å². The van der Waals surface area contributed by atoms with Gasteiger partial charge in [0.05, 0.1) is 6.42 Å². The summed E-state index contributed by atoms with van der Waals surface area (Å²) in [6.07, 6.45) is -2.94. The molecule has 0 bridgehead atoms. The molecule has 0 fully saturated rings. The summed E-state index contributed by atoms with van der Waals surface area (Å²) in [5, 5.41) is 28.0. The number of Topliss-reactive ketones (excluding diaryl/α,β-unsaturated/α-hetero) is 1. The number of carboxylic acid groups (broad SMARTS) is 2. The van der Waals surface area contributed by atoms with E-state index < -0.39 is 132 Å².